The van der Waals surface area contributed by atoms with Gasteiger partial charge in [-0.05, 0) is 30.7 Å². The molecule has 4 nitrogen and oxygen atoms in total. The number of para-hydroxylation sites is 1. The van der Waals surface area contributed by atoms with Gasteiger partial charge in [0.15, 0.2) is 0 Å². The van der Waals surface area contributed by atoms with E-state index >= 15 is 0 Å². The van der Waals surface area contributed by atoms with Gasteiger partial charge in [0.2, 0.25) is 0 Å². The molecule has 2 aromatic heterocycles. The first-order valence-corrected chi connectivity index (χ1v) is 6.50. The zero-order valence-electron chi connectivity index (χ0n) is 11.2. The van der Waals surface area contributed by atoms with Crippen LogP contribution in [-0.2, 0) is 6.54 Å². The fraction of sp³-hybridized carbons (Fsp3) is 0.125. The monoisotopic (exact) mass is 265 g/mol. The Morgan fingerprint density at radius 1 is 1.30 bits per heavy atom. The van der Waals surface area contributed by atoms with Crippen molar-refractivity contribution < 1.29 is 4.79 Å². The van der Waals surface area contributed by atoms with Crippen LogP contribution >= 0.6 is 0 Å². The van der Waals surface area contributed by atoms with Crippen LogP contribution in [-0.4, -0.2) is 15.9 Å². The molecule has 0 aliphatic carbocycles. The van der Waals surface area contributed by atoms with Crippen molar-refractivity contribution >= 4 is 16.8 Å². The number of hydrogen-bond donors (Lipinski definition) is 2. The molecule has 0 bridgehead atoms. The Morgan fingerprint density at radius 3 is 2.95 bits per heavy atom. The molecule has 2 N–H and O–H groups in total. The number of H-pyrrole nitrogens is 1. The maximum Gasteiger partial charge on any atom is 0.252 e. The van der Waals surface area contributed by atoms with Gasteiger partial charge < -0.3 is 10.3 Å². The number of benzene rings is 1. The van der Waals surface area contributed by atoms with Crippen molar-refractivity contribution in [1.29, 1.82) is 0 Å². The molecule has 4 heteroatoms. The lowest BCUT2D eigenvalue weighted by molar-refractivity contribution is 0.0952. The molecular formula is C16H15N3O. The molecule has 0 fully saturated rings. The molecule has 3 aromatic rings. The molecule has 0 aliphatic rings. The summed E-state index contributed by atoms with van der Waals surface area (Å²) in [4.78, 5) is 19.8. The van der Waals surface area contributed by atoms with Crippen molar-refractivity contribution in [1.82, 2.24) is 15.3 Å². The number of carbonyl (C=O) groups excluding carboxylic acids is 1. The molecule has 3 rings (SSSR count). The van der Waals surface area contributed by atoms with E-state index in [1.807, 2.05) is 55.7 Å². The van der Waals surface area contributed by atoms with Gasteiger partial charge >= 0.3 is 0 Å². The van der Waals surface area contributed by atoms with E-state index < -0.39 is 0 Å². The summed E-state index contributed by atoms with van der Waals surface area (Å²) in [7, 11) is 0. The maximum absolute atomic E-state index is 12.4. The van der Waals surface area contributed by atoms with E-state index in [2.05, 4.69) is 15.3 Å². The minimum Gasteiger partial charge on any atom is -0.367 e. The lowest BCUT2D eigenvalue weighted by Gasteiger charge is -2.08. The minimum atomic E-state index is -0.0760. The van der Waals surface area contributed by atoms with Gasteiger partial charge in [-0.2, -0.15) is 0 Å². The van der Waals surface area contributed by atoms with Crippen molar-refractivity contribution in [2.75, 3.05) is 0 Å². The normalized spacial score (nSPS) is 10.7. The van der Waals surface area contributed by atoms with Gasteiger partial charge in [-0.25, -0.2) is 0 Å². The Kier molecular flexibility index (Phi) is 3.21. The molecule has 0 radical (unpaired) electrons. The van der Waals surface area contributed by atoms with E-state index in [0.29, 0.717) is 12.1 Å². The number of aryl methyl sites for hydroxylation is 1. The van der Waals surface area contributed by atoms with Crippen LogP contribution < -0.4 is 5.32 Å². The lowest BCUT2D eigenvalue weighted by Crippen LogP contribution is -2.23. The van der Waals surface area contributed by atoms with Crippen molar-refractivity contribution in [3.8, 4) is 0 Å². The highest BCUT2D eigenvalue weighted by Crippen LogP contribution is 2.18. The summed E-state index contributed by atoms with van der Waals surface area (Å²) in [5.74, 6) is -0.0760. The molecule has 20 heavy (non-hydrogen) atoms. The number of hydrogen-bond acceptors (Lipinski definition) is 2. The molecule has 100 valence electrons. The number of rotatable bonds is 3. The molecule has 0 saturated heterocycles. The minimum absolute atomic E-state index is 0.0760. The number of nitrogens with one attached hydrogen (secondary N) is 2. The van der Waals surface area contributed by atoms with Crippen LogP contribution in [0, 0.1) is 6.92 Å². The molecule has 1 amide bonds. The second-order valence-electron chi connectivity index (χ2n) is 4.73. The SMILES string of the molecule is Cc1cc(C(=O)NCc2cc[nH]c2)c2ccccc2n1. The first kappa shape index (κ1) is 12.4. The smallest absolute Gasteiger partial charge is 0.252 e. The highest BCUT2D eigenvalue weighted by Gasteiger charge is 2.11. The van der Waals surface area contributed by atoms with Crippen LogP contribution in [0.4, 0.5) is 0 Å². The largest absolute Gasteiger partial charge is 0.367 e. The molecule has 0 spiro atoms. The lowest BCUT2D eigenvalue weighted by atomic mass is 10.1. The quantitative estimate of drug-likeness (QED) is 0.765. The van der Waals surface area contributed by atoms with Gasteiger partial charge in [0.1, 0.15) is 0 Å². The molecule has 0 saturated carbocycles. The van der Waals surface area contributed by atoms with Crippen LogP contribution in [0.3, 0.4) is 0 Å². The fourth-order valence-corrected chi connectivity index (χ4v) is 2.24. The van der Waals surface area contributed by atoms with Gasteiger partial charge in [-0.15, -0.1) is 0 Å². The maximum atomic E-state index is 12.4. The van der Waals surface area contributed by atoms with Crippen LogP contribution in [0.25, 0.3) is 10.9 Å². The second-order valence-corrected chi connectivity index (χ2v) is 4.73. The van der Waals surface area contributed by atoms with Gasteiger partial charge in [-0.1, -0.05) is 18.2 Å². The van der Waals surface area contributed by atoms with E-state index in [-0.39, 0.29) is 5.91 Å². The van der Waals surface area contributed by atoms with E-state index in [1.54, 1.807) is 0 Å². The Bertz CT molecular complexity index is 748. The topological polar surface area (TPSA) is 57.8 Å². The summed E-state index contributed by atoms with van der Waals surface area (Å²) in [6.07, 6.45) is 3.71. The van der Waals surface area contributed by atoms with Crippen LogP contribution in [0.5, 0.6) is 0 Å². The molecule has 0 aliphatic heterocycles. The number of fused-ring (bicyclic) bond motifs is 1. The van der Waals surface area contributed by atoms with Crippen molar-refractivity contribution in [2.24, 2.45) is 0 Å². The highest BCUT2D eigenvalue weighted by atomic mass is 16.1. The number of pyridine rings is 1. The second kappa shape index (κ2) is 5.17. The standard InChI is InChI=1S/C16H15N3O/c1-11-8-14(13-4-2-3-5-15(13)19-11)16(20)18-10-12-6-7-17-9-12/h2-9,17H,10H2,1H3,(H,18,20). The number of nitrogens with zero attached hydrogens (tertiary/aromatic N) is 1. The molecule has 2 heterocycles. The Balaban J connectivity index is 1.90. The average Bonchev–Trinajstić information content (AvgIpc) is 2.97. The fourth-order valence-electron chi connectivity index (χ4n) is 2.24. The Morgan fingerprint density at radius 2 is 2.15 bits per heavy atom. The summed E-state index contributed by atoms with van der Waals surface area (Å²) in [6.45, 7) is 2.41. The summed E-state index contributed by atoms with van der Waals surface area (Å²) in [5, 5.41) is 3.81. The number of aromatic nitrogens is 2. The molecular weight excluding hydrogens is 250 g/mol. The first-order chi connectivity index (χ1) is 9.74. The highest BCUT2D eigenvalue weighted by molar-refractivity contribution is 6.06. The van der Waals surface area contributed by atoms with E-state index in [0.717, 1.165) is 22.2 Å². The average molecular weight is 265 g/mol. The Labute approximate surface area is 116 Å². The van der Waals surface area contributed by atoms with Crippen LogP contribution in [0.2, 0.25) is 0 Å². The molecule has 1 aromatic carbocycles. The zero-order valence-corrected chi connectivity index (χ0v) is 11.2. The first-order valence-electron chi connectivity index (χ1n) is 6.50. The van der Waals surface area contributed by atoms with E-state index in [4.69, 9.17) is 0 Å². The van der Waals surface area contributed by atoms with Crippen molar-refractivity contribution in [3.63, 3.8) is 0 Å². The van der Waals surface area contributed by atoms with Gasteiger partial charge in [0.25, 0.3) is 5.91 Å². The molecule has 0 atom stereocenters. The van der Waals surface area contributed by atoms with E-state index in [9.17, 15) is 4.79 Å². The Hall–Kier alpha value is -2.62. The third kappa shape index (κ3) is 2.40. The number of amides is 1. The number of carbonyl (C=O) groups is 1. The van der Waals surface area contributed by atoms with E-state index in [1.165, 1.54) is 0 Å². The van der Waals surface area contributed by atoms with Gasteiger partial charge in [0.05, 0.1) is 11.1 Å². The predicted molar refractivity (Wildman–Crippen MR) is 78.4 cm³/mol. The zero-order chi connectivity index (χ0) is 13.9. The third-order valence-electron chi connectivity index (χ3n) is 3.20. The summed E-state index contributed by atoms with van der Waals surface area (Å²) in [5.41, 5.74) is 3.41. The summed E-state index contributed by atoms with van der Waals surface area (Å²) in [6, 6.07) is 11.5. The van der Waals surface area contributed by atoms with Crippen LogP contribution in [0.1, 0.15) is 21.6 Å². The van der Waals surface area contributed by atoms with Crippen molar-refractivity contribution in [2.45, 2.75) is 13.5 Å². The van der Waals surface area contributed by atoms with Crippen LogP contribution in [0.15, 0.2) is 48.8 Å². The predicted octanol–water partition coefficient (Wildman–Crippen LogP) is 2.80. The molecule has 0 unspecified atom stereocenters. The third-order valence-corrected chi connectivity index (χ3v) is 3.20. The van der Waals surface area contributed by atoms with Gasteiger partial charge in [0, 0.05) is 30.0 Å². The van der Waals surface area contributed by atoms with Gasteiger partial charge in [-0.3, -0.25) is 9.78 Å². The number of aromatic amines is 1. The van der Waals surface area contributed by atoms with Crippen molar-refractivity contribution in [3.05, 3.63) is 65.6 Å². The summed E-state index contributed by atoms with van der Waals surface area (Å²) < 4.78 is 0. The summed E-state index contributed by atoms with van der Waals surface area (Å²) >= 11 is 0.